The number of hydrogen-bond donors (Lipinski definition) is 1. The maximum Gasteiger partial charge on any atom is 0.271 e. The molecule has 0 radical (unpaired) electrons. The van der Waals surface area contributed by atoms with Gasteiger partial charge in [-0.25, -0.2) is 0 Å². The van der Waals surface area contributed by atoms with Crippen LogP contribution in [-0.2, 0) is 6.54 Å². The molecule has 0 aliphatic rings. The molecule has 6 heteroatoms. The number of ether oxygens (including phenoxy) is 1. The molecule has 0 spiro atoms. The van der Waals surface area contributed by atoms with Gasteiger partial charge in [0.2, 0.25) is 0 Å². The third-order valence-electron chi connectivity index (χ3n) is 2.73. The van der Waals surface area contributed by atoms with E-state index in [2.05, 4.69) is 0 Å². The van der Waals surface area contributed by atoms with E-state index in [1.54, 1.807) is 0 Å². The molecule has 0 unspecified atom stereocenters. The Kier molecular flexibility index (Phi) is 4.60. The smallest absolute Gasteiger partial charge is 0.271 e. The monoisotopic (exact) mass is 290 g/mol. The van der Waals surface area contributed by atoms with Crippen LogP contribution in [0.5, 0.6) is 11.5 Å². The molecule has 0 aliphatic heterocycles. The van der Waals surface area contributed by atoms with Gasteiger partial charge in [0, 0.05) is 24.2 Å². The highest BCUT2D eigenvalue weighted by atomic mass is 32.2. The normalized spacial score (nSPS) is 10.3. The highest BCUT2D eigenvalue weighted by Gasteiger charge is 2.17. The summed E-state index contributed by atoms with van der Waals surface area (Å²) >= 11 is 1.39. The quantitative estimate of drug-likeness (QED) is 0.517. The molecule has 0 amide bonds. The lowest BCUT2D eigenvalue weighted by molar-refractivity contribution is -0.385. The van der Waals surface area contributed by atoms with Gasteiger partial charge < -0.3 is 10.5 Å². The van der Waals surface area contributed by atoms with Crippen LogP contribution in [0.15, 0.2) is 47.4 Å². The van der Waals surface area contributed by atoms with E-state index in [9.17, 15) is 10.1 Å². The molecule has 0 heterocycles. The fourth-order valence-corrected chi connectivity index (χ4v) is 2.37. The summed E-state index contributed by atoms with van der Waals surface area (Å²) in [7, 11) is 0. The summed E-state index contributed by atoms with van der Waals surface area (Å²) in [5.74, 6) is 1.25. The van der Waals surface area contributed by atoms with E-state index in [4.69, 9.17) is 10.5 Å². The van der Waals surface area contributed by atoms with Crippen molar-refractivity contribution in [3.8, 4) is 11.5 Å². The van der Waals surface area contributed by atoms with Crippen LogP contribution in [0.4, 0.5) is 5.69 Å². The summed E-state index contributed by atoms with van der Waals surface area (Å²) in [6.45, 7) is 0.178. The highest BCUT2D eigenvalue weighted by Crippen LogP contribution is 2.37. The third kappa shape index (κ3) is 3.09. The van der Waals surface area contributed by atoms with Crippen molar-refractivity contribution in [2.45, 2.75) is 11.4 Å². The number of nitrogens with two attached hydrogens (primary N) is 1. The molecule has 5 nitrogen and oxygen atoms in total. The molecule has 0 saturated heterocycles. The van der Waals surface area contributed by atoms with Crippen LogP contribution >= 0.6 is 11.8 Å². The van der Waals surface area contributed by atoms with Crippen molar-refractivity contribution in [2.75, 3.05) is 6.26 Å². The summed E-state index contributed by atoms with van der Waals surface area (Å²) in [6.07, 6.45) is 1.84. The first-order chi connectivity index (χ1) is 9.65. The maximum atomic E-state index is 10.9. The van der Waals surface area contributed by atoms with E-state index in [1.807, 2.05) is 36.6 Å². The summed E-state index contributed by atoms with van der Waals surface area (Å²) < 4.78 is 5.83. The van der Waals surface area contributed by atoms with Crippen molar-refractivity contribution in [2.24, 2.45) is 5.73 Å². The molecule has 2 N–H and O–H groups in total. The average molecular weight is 290 g/mol. The molecule has 0 aliphatic carbocycles. The lowest BCUT2D eigenvalue weighted by atomic mass is 10.1. The molecule has 0 saturated carbocycles. The van der Waals surface area contributed by atoms with E-state index in [1.165, 1.54) is 23.9 Å². The van der Waals surface area contributed by atoms with Crippen molar-refractivity contribution in [3.63, 3.8) is 0 Å². The van der Waals surface area contributed by atoms with Gasteiger partial charge in [0.1, 0.15) is 11.5 Å². The number of nitro benzene ring substituents is 1. The van der Waals surface area contributed by atoms with E-state index >= 15 is 0 Å². The van der Waals surface area contributed by atoms with Gasteiger partial charge in [-0.3, -0.25) is 10.1 Å². The number of nitro groups is 1. The van der Waals surface area contributed by atoms with Gasteiger partial charge in [0.25, 0.3) is 5.69 Å². The van der Waals surface area contributed by atoms with Gasteiger partial charge in [-0.15, -0.1) is 11.8 Å². The Balaban J connectivity index is 2.48. The zero-order chi connectivity index (χ0) is 14.5. The Morgan fingerprint density at radius 3 is 2.55 bits per heavy atom. The number of benzene rings is 2. The van der Waals surface area contributed by atoms with Gasteiger partial charge >= 0.3 is 0 Å². The van der Waals surface area contributed by atoms with Crippen LogP contribution < -0.4 is 10.5 Å². The lowest BCUT2D eigenvalue weighted by Gasteiger charge is -2.13. The van der Waals surface area contributed by atoms with Crippen LogP contribution in [0.25, 0.3) is 0 Å². The number of non-ortho nitro benzene ring substituents is 1. The van der Waals surface area contributed by atoms with Crippen molar-refractivity contribution < 1.29 is 9.66 Å². The summed E-state index contributed by atoms with van der Waals surface area (Å²) in [5.41, 5.74) is 6.33. The van der Waals surface area contributed by atoms with Crippen LogP contribution in [0.3, 0.4) is 0 Å². The zero-order valence-electron chi connectivity index (χ0n) is 10.9. The van der Waals surface area contributed by atoms with Gasteiger partial charge in [-0.05, 0) is 18.4 Å². The predicted molar refractivity (Wildman–Crippen MR) is 79.3 cm³/mol. The first-order valence-electron chi connectivity index (χ1n) is 5.94. The minimum Gasteiger partial charge on any atom is -0.456 e. The number of nitrogens with zero attached hydrogens (tertiary/aromatic N) is 1. The van der Waals surface area contributed by atoms with E-state index in [-0.39, 0.29) is 12.2 Å². The molecule has 20 heavy (non-hydrogen) atoms. The molecule has 104 valence electrons. The van der Waals surface area contributed by atoms with Crippen LogP contribution in [0, 0.1) is 10.1 Å². The second-order valence-electron chi connectivity index (χ2n) is 4.01. The first kappa shape index (κ1) is 14.4. The van der Waals surface area contributed by atoms with Crippen molar-refractivity contribution in [1.82, 2.24) is 0 Å². The van der Waals surface area contributed by atoms with Crippen molar-refractivity contribution >= 4 is 17.4 Å². The van der Waals surface area contributed by atoms with Gasteiger partial charge in [-0.2, -0.15) is 0 Å². The largest absolute Gasteiger partial charge is 0.456 e. The number of rotatable bonds is 5. The Morgan fingerprint density at radius 2 is 2.00 bits per heavy atom. The minimum absolute atomic E-state index is 0.0233. The molecular weight excluding hydrogens is 276 g/mol. The molecule has 0 bridgehead atoms. The summed E-state index contributed by atoms with van der Waals surface area (Å²) in [5, 5.41) is 10.9. The van der Waals surface area contributed by atoms with Crippen molar-refractivity contribution in [3.05, 3.63) is 58.1 Å². The molecule has 2 aromatic rings. The predicted octanol–water partition coefficient (Wildman–Crippen LogP) is 3.57. The standard InChI is InChI=1S/C14H14N2O3S/c1-20-13-8-11(16(17)18)7-10(9-15)14(13)19-12-5-3-2-4-6-12/h2-8H,9,15H2,1H3. The Hall–Kier alpha value is -2.05. The lowest BCUT2D eigenvalue weighted by Crippen LogP contribution is -2.02. The van der Waals surface area contributed by atoms with Crippen LogP contribution in [-0.4, -0.2) is 11.2 Å². The van der Waals surface area contributed by atoms with Gasteiger partial charge in [-0.1, -0.05) is 18.2 Å². The molecule has 2 aromatic carbocycles. The summed E-state index contributed by atoms with van der Waals surface area (Å²) in [4.78, 5) is 11.2. The molecule has 0 aromatic heterocycles. The van der Waals surface area contributed by atoms with Crippen molar-refractivity contribution in [1.29, 1.82) is 0 Å². The highest BCUT2D eigenvalue weighted by molar-refractivity contribution is 7.98. The molecule has 2 rings (SSSR count). The number of hydrogen-bond acceptors (Lipinski definition) is 5. The maximum absolute atomic E-state index is 10.9. The Bertz CT molecular complexity index is 592. The van der Waals surface area contributed by atoms with Crippen LogP contribution in [0.2, 0.25) is 0 Å². The first-order valence-corrected chi connectivity index (χ1v) is 7.16. The molecular formula is C14H14N2O3S. The number of thioether (sulfide) groups is 1. The van der Waals surface area contributed by atoms with E-state index in [0.29, 0.717) is 22.0 Å². The molecule has 0 fully saturated rings. The Morgan fingerprint density at radius 1 is 1.30 bits per heavy atom. The SMILES string of the molecule is CSc1cc([N+](=O)[O-])cc(CN)c1Oc1ccccc1. The third-order valence-corrected chi connectivity index (χ3v) is 3.47. The van der Waals surface area contributed by atoms with E-state index in [0.717, 1.165) is 0 Å². The van der Waals surface area contributed by atoms with Gasteiger partial charge in [0.15, 0.2) is 0 Å². The van der Waals surface area contributed by atoms with Crippen LogP contribution in [0.1, 0.15) is 5.56 Å². The fraction of sp³-hybridized carbons (Fsp3) is 0.143. The molecule has 0 atom stereocenters. The topological polar surface area (TPSA) is 78.4 Å². The number of para-hydroxylation sites is 1. The summed E-state index contributed by atoms with van der Waals surface area (Å²) in [6, 6.07) is 12.2. The van der Waals surface area contributed by atoms with E-state index < -0.39 is 4.92 Å². The fourth-order valence-electron chi connectivity index (χ4n) is 1.77. The zero-order valence-corrected chi connectivity index (χ0v) is 11.7. The second kappa shape index (κ2) is 6.40. The van der Waals surface area contributed by atoms with Gasteiger partial charge in [0.05, 0.1) is 9.82 Å². The minimum atomic E-state index is -0.425. The second-order valence-corrected chi connectivity index (χ2v) is 4.86. The Labute approximate surface area is 120 Å². The average Bonchev–Trinajstić information content (AvgIpc) is 2.48.